The first-order valence-corrected chi connectivity index (χ1v) is 4.34. The second-order valence-electron chi connectivity index (χ2n) is 2.85. The molecule has 4 heteroatoms. The maximum absolute atomic E-state index is 9.83. The molecule has 0 saturated carbocycles. The Hall–Kier alpha value is -1.58. The first-order valence-electron chi connectivity index (χ1n) is 4.34. The number of aliphatic carboxylic acids is 1. The second-order valence-corrected chi connectivity index (χ2v) is 2.85. The molecular weight excluding hydrogens is 180 g/mol. The lowest BCUT2D eigenvalue weighted by Gasteiger charge is -1.87. The lowest BCUT2D eigenvalue weighted by molar-refractivity contribution is -0.132. The van der Waals surface area contributed by atoms with E-state index in [2.05, 4.69) is 11.6 Å². The van der Waals surface area contributed by atoms with E-state index < -0.39 is 5.97 Å². The van der Waals surface area contributed by atoms with Gasteiger partial charge in [-0.1, -0.05) is 13.5 Å². The highest BCUT2D eigenvalue weighted by Gasteiger charge is 1.96. The van der Waals surface area contributed by atoms with Crippen LogP contribution in [0.1, 0.15) is 19.2 Å². The van der Waals surface area contributed by atoms with Crippen molar-refractivity contribution < 1.29 is 9.90 Å². The summed E-state index contributed by atoms with van der Waals surface area (Å²) < 4.78 is 1.97. The lowest BCUT2D eigenvalue weighted by atomic mass is 10.2. The van der Waals surface area contributed by atoms with Crippen molar-refractivity contribution in [3.63, 3.8) is 0 Å². The fourth-order valence-electron chi connectivity index (χ4n) is 0.591. The fourth-order valence-corrected chi connectivity index (χ4v) is 0.591. The van der Waals surface area contributed by atoms with Gasteiger partial charge in [0.1, 0.15) is 5.82 Å². The van der Waals surface area contributed by atoms with Crippen LogP contribution in [0.4, 0.5) is 0 Å². The Bertz CT molecular complexity index is 299. The van der Waals surface area contributed by atoms with Crippen LogP contribution < -0.4 is 0 Å². The van der Waals surface area contributed by atoms with Crippen molar-refractivity contribution in [2.75, 3.05) is 0 Å². The summed E-state index contributed by atoms with van der Waals surface area (Å²) in [5, 5.41) is 8.08. The molecule has 1 N–H and O–H groups in total. The normalized spacial score (nSPS) is 8.79. The standard InChI is InChI=1S/C5H8N2.C5H8O2/c1-5-6-3-4-7(5)2;1-3-4(2)5(6)7/h3-4H,1-2H3;2-3H2,1H3,(H,6,7). The summed E-state index contributed by atoms with van der Waals surface area (Å²) in [5.74, 6) is 0.155. The highest BCUT2D eigenvalue weighted by molar-refractivity contribution is 5.85. The second kappa shape index (κ2) is 5.96. The van der Waals surface area contributed by atoms with Crippen LogP contribution in [0.25, 0.3) is 0 Å². The topological polar surface area (TPSA) is 55.1 Å². The molecule has 0 amide bonds. The van der Waals surface area contributed by atoms with E-state index in [0.29, 0.717) is 6.42 Å². The van der Waals surface area contributed by atoms with E-state index >= 15 is 0 Å². The third-order valence-corrected chi connectivity index (χ3v) is 1.79. The quantitative estimate of drug-likeness (QED) is 0.733. The molecule has 0 aromatic carbocycles. The van der Waals surface area contributed by atoms with Crippen molar-refractivity contribution in [1.82, 2.24) is 9.55 Å². The maximum atomic E-state index is 9.83. The Kier molecular flexibility index (Phi) is 5.29. The minimum absolute atomic E-state index is 0.264. The van der Waals surface area contributed by atoms with Gasteiger partial charge in [0.2, 0.25) is 0 Å². The smallest absolute Gasteiger partial charge is 0.330 e. The van der Waals surface area contributed by atoms with Crippen molar-refractivity contribution >= 4 is 5.97 Å². The van der Waals surface area contributed by atoms with Crippen molar-refractivity contribution in [1.29, 1.82) is 0 Å². The Morgan fingerprint density at radius 2 is 2.29 bits per heavy atom. The Morgan fingerprint density at radius 1 is 1.71 bits per heavy atom. The zero-order valence-electron chi connectivity index (χ0n) is 8.82. The van der Waals surface area contributed by atoms with Crippen LogP contribution in [-0.2, 0) is 11.8 Å². The first kappa shape index (κ1) is 12.4. The van der Waals surface area contributed by atoms with Gasteiger partial charge in [-0.3, -0.25) is 0 Å². The predicted octanol–water partition coefficient (Wildman–Crippen LogP) is 1.77. The molecule has 0 aliphatic carbocycles. The number of carboxylic acid groups (broad SMARTS) is 1. The summed E-state index contributed by atoms with van der Waals surface area (Å²) in [6, 6.07) is 0. The molecule has 0 bridgehead atoms. The molecule has 1 aromatic rings. The number of aryl methyl sites for hydroxylation is 2. The Morgan fingerprint density at radius 3 is 2.36 bits per heavy atom. The van der Waals surface area contributed by atoms with Crippen LogP contribution in [0.3, 0.4) is 0 Å². The van der Waals surface area contributed by atoms with E-state index in [4.69, 9.17) is 5.11 Å². The van der Waals surface area contributed by atoms with Crippen molar-refractivity contribution in [2.24, 2.45) is 7.05 Å². The summed E-state index contributed by atoms with van der Waals surface area (Å²) in [6.45, 7) is 7.01. The third kappa shape index (κ3) is 4.45. The Labute approximate surface area is 83.9 Å². The molecule has 0 radical (unpaired) electrons. The summed E-state index contributed by atoms with van der Waals surface area (Å²) in [6.07, 6.45) is 4.24. The van der Waals surface area contributed by atoms with Crippen LogP contribution in [0, 0.1) is 6.92 Å². The maximum Gasteiger partial charge on any atom is 0.330 e. The average Bonchev–Trinajstić information content (AvgIpc) is 2.50. The number of imidazole rings is 1. The van der Waals surface area contributed by atoms with Gasteiger partial charge in [0.05, 0.1) is 0 Å². The van der Waals surface area contributed by atoms with Gasteiger partial charge in [-0.25, -0.2) is 9.78 Å². The molecule has 0 saturated heterocycles. The van der Waals surface area contributed by atoms with Crippen molar-refractivity contribution in [3.8, 4) is 0 Å². The fraction of sp³-hybridized carbons (Fsp3) is 0.400. The zero-order chi connectivity index (χ0) is 11.1. The van der Waals surface area contributed by atoms with Gasteiger partial charge >= 0.3 is 5.97 Å². The van der Waals surface area contributed by atoms with E-state index in [-0.39, 0.29) is 5.57 Å². The zero-order valence-corrected chi connectivity index (χ0v) is 8.82. The van der Waals surface area contributed by atoms with Crippen molar-refractivity contribution in [3.05, 3.63) is 30.4 Å². The SMILES string of the molecule is C=C(CC)C(=O)O.Cc1nccn1C. The van der Waals surface area contributed by atoms with Gasteiger partial charge in [-0.2, -0.15) is 0 Å². The number of aromatic nitrogens is 2. The average molecular weight is 196 g/mol. The van der Waals surface area contributed by atoms with E-state index in [0.717, 1.165) is 5.82 Å². The highest BCUT2D eigenvalue weighted by Crippen LogP contribution is 1.93. The van der Waals surface area contributed by atoms with E-state index in [1.807, 2.05) is 24.7 Å². The number of nitrogens with zero attached hydrogens (tertiary/aromatic N) is 2. The summed E-state index contributed by atoms with van der Waals surface area (Å²) in [4.78, 5) is 13.8. The molecule has 1 rings (SSSR count). The molecule has 0 fully saturated rings. The predicted molar refractivity (Wildman–Crippen MR) is 55.0 cm³/mol. The summed E-state index contributed by atoms with van der Waals surface area (Å²) in [5.41, 5.74) is 0.264. The first-order chi connectivity index (χ1) is 6.49. The van der Waals surface area contributed by atoms with Crippen LogP contribution in [0.15, 0.2) is 24.5 Å². The van der Waals surface area contributed by atoms with E-state index in [1.165, 1.54) is 0 Å². The molecular formula is C10H16N2O2. The van der Waals surface area contributed by atoms with Crippen LogP contribution >= 0.6 is 0 Å². The summed E-state index contributed by atoms with van der Waals surface area (Å²) in [7, 11) is 1.97. The van der Waals surface area contributed by atoms with E-state index in [9.17, 15) is 4.79 Å². The van der Waals surface area contributed by atoms with Crippen LogP contribution in [0.2, 0.25) is 0 Å². The largest absolute Gasteiger partial charge is 0.478 e. The number of hydrogen-bond acceptors (Lipinski definition) is 2. The molecule has 4 nitrogen and oxygen atoms in total. The Balaban J connectivity index is 0.000000241. The van der Waals surface area contributed by atoms with Crippen molar-refractivity contribution in [2.45, 2.75) is 20.3 Å². The molecule has 1 aromatic heterocycles. The minimum atomic E-state index is -0.900. The molecule has 78 valence electrons. The third-order valence-electron chi connectivity index (χ3n) is 1.79. The monoisotopic (exact) mass is 196 g/mol. The van der Waals surface area contributed by atoms with Gasteiger partial charge in [0, 0.05) is 25.0 Å². The van der Waals surface area contributed by atoms with Crippen LogP contribution in [0.5, 0.6) is 0 Å². The molecule has 14 heavy (non-hydrogen) atoms. The number of rotatable bonds is 2. The summed E-state index contributed by atoms with van der Waals surface area (Å²) >= 11 is 0. The molecule has 0 unspecified atom stereocenters. The van der Waals surface area contributed by atoms with Gasteiger partial charge in [0.15, 0.2) is 0 Å². The lowest BCUT2D eigenvalue weighted by Crippen LogP contribution is -1.95. The van der Waals surface area contributed by atoms with Gasteiger partial charge in [-0.15, -0.1) is 0 Å². The van der Waals surface area contributed by atoms with Gasteiger partial charge < -0.3 is 9.67 Å². The molecule has 0 aliphatic rings. The molecule has 0 aliphatic heterocycles. The number of carboxylic acids is 1. The van der Waals surface area contributed by atoms with Gasteiger partial charge in [0.25, 0.3) is 0 Å². The molecule has 1 heterocycles. The number of hydrogen-bond donors (Lipinski definition) is 1. The minimum Gasteiger partial charge on any atom is -0.478 e. The molecule has 0 atom stereocenters. The van der Waals surface area contributed by atoms with Crippen LogP contribution in [-0.4, -0.2) is 20.6 Å². The van der Waals surface area contributed by atoms with E-state index in [1.54, 1.807) is 13.1 Å². The molecule has 0 spiro atoms. The highest BCUT2D eigenvalue weighted by atomic mass is 16.4. The van der Waals surface area contributed by atoms with Gasteiger partial charge in [-0.05, 0) is 13.3 Å². The number of carbonyl (C=O) groups is 1.